The van der Waals surface area contributed by atoms with Crippen molar-refractivity contribution in [3.63, 3.8) is 0 Å². The molecule has 0 fully saturated rings. The van der Waals surface area contributed by atoms with Crippen molar-refractivity contribution in [2.45, 2.75) is 57.8 Å². The zero-order valence-corrected chi connectivity index (χ0v) is 8.73. The number of rotatable bonds is 10. The first-order valence-electron chi connectivity index (χ1n) is 5.58. The van der Waals surface area contributed by atoms with Crippen LogP contribution in [0.2, 0.25) is 0 Å². The molecule has 1 heteroatoms. The molecule has 0 spiro atoms. The molecule has 0 rings (SSSR count). The average molecular weight is 186 g/mol. The molecular weight excluding hydrogens is 163 g/mol. The molecule has 0 aromatic carbocycles. The van der Waals surface area contributed by atoms with Gasteiger partial charge >= 0.3 is 0 Å². The third kappa shape index (κ3) is 11.7. The van der Waals surface area contributed by atoms with Crippen LogP contribution in [-0.4, -0.2) is 6.67 Å². The highest BCUT2D eigenvalue weighted by atomic mass is 19.1. The van der Waals surface area contributed by atoms with E-state index < -0.39 is 0 Å². The summed E-state index contributed by atoms with van der Waals surface area (Å²) in [7, 11) is 0. The van der Waals surface area contributed by atoms with Crippen LogP contribution in [0, 0.1) is 0 Å². The number of hydrogen-bond donors (Lipinski definition) is 0. The van der Waals surface area contributed by atoms with Crippen molar-refractivity contribution in [2.75, 3.05) is 6.67 Å². The molecule has 0 aromatic heterocycles. The van der Waals surface area contributed by atoms with Gasteiger partial charge in [0.25, 0.3) is 0 Å². The topological polar surface area (TPSA) is 0 Å². The van der Waals surface area contributed by atoms with Crippen LogP contribution in [0.1, 0.15) is 57.8 Å². The Morgan fingerprint density at radius 1 is 0.769 bits per heavy atom. The predicted octanol–water partition coefficient (Wildman–Crippen LogP) is 4.65. The van der Waals surface area contributed by atoms with E-state index in [4.69, 9.17) is 0 Å². The maximum absolute atomic E-state index is 11.7. The van der Waals surface area contributed by atoms with Gasteiger partial charge in [-0.25, -0.2) is 0 Å². The van der Waals surface area contributed by atoms with Crippen LogP contribution in [0.5, 0.6) is 0 Å². The van der Waals surface area contributed by atoms with Crippen molar-refractivity contribution in [1.82, 2.24) is 0 Å². The van der Waals surface area contributed by atoms with Crippen molar-refractivity contribution in [3.8, 4) is 0 Å². The third-order valence-electron chi connectivity index (χ3n) is 2.29. The Morgan fingerprint density at radius 2 is 1.23 bits per heavy atom. The van der Waals surface area contributed by atoms with E-state index in [2.05, 4.69) is 6.58 Å². The normalized spacial score (nSPS) is 10.2. The zero-order chi connectivity index (χ0) is 9.78. The van der Waals surface area contributed by atoms with Crippen LogP contribution in [0.15, 0.2) is 12.7 Å². The van der Waals surface area contributed by atoms with Crippen LogP contribution in [0.25, 0.3) is 0 Å². The monoisotopic (exact) mass is 186 g/mol. The summed E-state index contributed by atoms with van der Waals surface area (Å²) in [6, 6.07) is 0. The summed E-state index contributed by atoms with van der Waals surface area (Å²) in [4.78, 5) is 0. The molecule has 0 atom stereocenters. The molecule has 0 aliphatic rings. The Morgan fingerprint density at radius 3 is 1.69 bits per heavy atom. The summed E-state index contributed by atoms with van der Waals surface area (Å²) in [6.07, 6.45) is 12.7. The second kappa shape index (κ2) is 11.7. The summed E-state index contributed by atoms with van der Waals surface area (Å²) in [5.41, 5.74) is 0. The quantitative estimate of drug-likeness (QED) is 0.344. The SMILES string of the molecule is C=CCCCCCCCCCCF. The highest BCUT2D eigenvalue weighted by Gasteiger charge is 1.91. The summed E-state index contributed by atoms with van der Waals surface area (Å²) in [5.74, 6) is 0. The van der Waals surface area contributed by atoms with E-state index in [-0.39, 0.29) is 6.67 Å². The first-order valence-corrected chi connectivity index (χ1v) is 5.58. The van der Waals surface area contributed by atoms with Gasteiger partial charge in [0, 0.05) is 0 Å². The van der Waals surface area contributed by atoms with Gasteiger partial charge in [-0.05, 0) is 19.3 Å². The van der Waals surface area contributed by atoms with E-state index in [1.165, 1.54) is 38.5 Å². The fourth-order valence-corrected chi connectivity index (χ4v) is 1.44. The largest absolute Gasteiger partial charge is 0.251 e. The van der Waals surface area contributed by atoms with E-state index in [0.717, 1.165) is 19.3 Å². The van der Waals surface area contributed by atoms with Gasteiger partial charge in [0.2, 0.25) is 0 Å². The minimum Gasteiger partial charge on any atom is -0.251 e. The smallest absolute Gasteiger partial charge is 0.0894 e. The standard InChI is InChI=1S/C12H23F/c1-2-3-4-5-6-7-8-9-10-11-12-13/h2H,1,3-12H2. The molecule has 13 heavy (non-hydrogen) atoms. The van der Waals surface area contributed by atoms with Crippen LogP contribution >= 0.6 is 0 Å². The van der Waals surface area contributed by atoms with Gasteiger partial charge < -0.3 is 0 Å². The van der Waals surface area contributed by atoms with Crippen LogP contribution in [0.3, 0.4) is 0 Å². The second-order valence-electron chi connectivity index (χ2n) is 3.59. The molecule has 0 radical (unpaired) electrons. The van der Waals surface area contributed by atoms with Crippen molar-refractivity contribution < 1.29 is 4.39 Å². The van der Waals surface area contributed by atoms with Crippen molar-refractivity contribution >= 4 is 0 Å². The van der Waals surface area contributed by atoms with E-state index in [1.54, 1.807) is 0 Å². The molecule has 0 heterocycles. The molecule has 0 saturated carbocycles. The van der Waals surface area contributed by atoms with Gasteiger partial charge in [0.05, 0.1) is 6.67 Å². The highest BCUT2D eigenvalue weighted by Crippen LogP contribution is 2.09. The number of unbranched alkanes of at least 4 members (excludes halogenated alkanes) is 8. The van der Waals surface area contributed by atoms with Crippen LogP contribution in [-0.2, 0) is 0 Å². The number of allylic oxidation sites excluding steroid dienone is 1. The molecular formula is C12H23F. The molecule has 0 nitrogen and oxygen atoms in total. The van der Waals surface area contributed by atoms with E-state index in [1.807, 2.05) is 6.08 Å². The van der Waals surface area contributed by atoms with E-state index in [0.29, 0.717) is 0 Å². The number of halogens is 1. The predicted molar refractivity (Wildman–Crippen MR) is 57.7 cm³/mol. The zero-order valence-electron chi connectivity index (χ0n) is 8.73. The van der Waals surface area contributed by atoms with Gasteiger partial charge in [0.1, 0.15) is 0 Å². The first kappa shape index (κ1) is 12.7. The van der Waals surface area contributed by atoms with Crippen molar-refractivity contribution in [3.05, 3.63) is 12.7 Å². The van der Waals surface area contributed by atoms with Gasteiger partial charge in [0.15, 0.2) is 0 Å². The highest BCUT2D eigenvalue weighted by molar-refractivity contribution is 4.65. The average Bonchev–Trinajstić information content (AvgIpc) is 2.16. The fourth-order valence-electron chi connectivity index (χ4n) is 1.44. The van der Waals surface area contributed by atoms with E-state index in [9.17, 15) is 4.39 Å². The molecule has 0 N–H and O–H groups in total. The Labute approximate surface area is 82.2 Å². The Hall–Kier alpha value is -0.330. The Balaban J connectivity index is 2.79. The number of hydrogen-bond acceptors (Lipinski definition) is 0. The van der Waals surface area contributed by atoms with Crippen LogP contribution in [0.4, 0.5) is 4.39 Å². The lowest BCUT2D eigenvalue weighted by atomic mass is 10.1. The van der Waals surface area contributed by atoms with Gasteiger partial charge in [-0.3, -0.25) is 4.39 Å². The minimum absolute atomic E-state index is 0.140. The molecule has 0 aliphatic carbocycles. The lowest BCUT2D eigenvalue weighted by Gasteiger charge is -1.99. The molecule has 0 amide bonds. The van der Waals surface area contributed by atoms with Gasteiger partial charge in [-0.2, -0.15) is 0 Å². The van der Waals surface area contributed by atoms with Crippen molar-refractivity contribution in [2.24, 2.45) is 0 Å². The Bertz CT molecular complexity index is 99.3. The van der Waals surface area contributed by atoms with Crippen molar-refractivity contribution in [1.29, 1.82) is 0 Å². The fraction of sp³-hybridized carbons (Fsp3) is 0.833. The summed E-state index contributed by atoms with van der Waals surface area (Å²) in [6.45, 7) is 3.55. The lowest BCUT2D eigenvalue weighted by molar-refractivity contribution is 0.449. The van der Waals surface area contributed by atoms with Gasteiger partial charge in [-0.15, -0.1) is 6.58 Å². The van der Waals surface area contributed by atoms with Crippen LogP contribution < -0.4 is 0 Å². The number of alkyl halides is 1. The molecule has 78 valence electrons. The Kier molecular flexibility index (Phi) is 11.4. The molecule has 0 aromatic rings. The second-order valence-corrected chi connectivity index (χ2v) is 3.59. The first-order chi connectivity index (χ1) is 6.41. The summed E-state index contributed by atoms with van der Waals surface area (Å²) < 4.78 is 11.7. The third-order valence-corrected chi connectivity index (χ3v) is 2.29. The lowest BCUT2D eigenvalue weighted by Crippen LogP contribution is -1.81. The summed E-state index contributed by atoms with van der Waals surface area (Å²) in [5, 5.41) is 0. The molecule has 0 unspecified atom stereocenters. The maximum Gasteiger partial charge on any atom is 0.0894 e. The molecule has 0 bridgehead atoms. The minimum atomic E-state index is -0.140. The molecule has 0 aliphatic heterocycles. The molecule has 0 saturated heterocycles. The summed E-state index contributed by atoms with van der Waals surface area (Å²) >= 11 is 0. The van der Waals surface area contributed by atoms with Gasteiger partial charge in [-0.1, -0.05) is 44.6 Å². The van der Waals surface area contributed by atoms with E-state index >= 15 is 0 Å². The maximum atomic E-state index is 11.7.